The van der Waals surface area contributed by atoms with Crippen molar-refractivity contribution in [3.05, 3.63) is 64.7 Å². The molecule has 0 radical (unpaired) electrons. The average Bonchev–Trinajstić information content (AvgIpc) is 2.71. The Hall–Kier alpha value is -3.39. The van der Waals surface area contributed by atoms with Crippen molar-refractivity contribution < 1.29 is 28.7 Å². The zero-order valence-corrected chi connectivity index (χ0v) is 16.3. The maximum absolute atomic E-state index is 12.3. The average molecular weight is 419 g/mol. The van der Waals surface area contributed by atoms with Crippen molar-refractivity contribution in [1.29, 1.82) is 0 Å². The number of nitrogens with one attached hydrogen (secondary N) is 1. The molecule has 2 amide bonds. The van der Waals surface area contributed by atoms with Crippen LogP contribution in [0, 0.1) is 0 Å². The lowest BCUT2D eigenvalue weighted by Crippen LogP contribution is -2.44. The van der Waals surface area contributed by atoms with Gasteiger partial charge in [-0.15, -0.1) is 0 Å². The molecule has 9 heteroatoms. The van der Waals surface area contributed by atoms with Gasteiger partial charge in [-0.05, 0) is 48.5 Å². The highest BCUT2D eigenvalue weighted by Crippen LogP contribution is 2.12. The van der Waals surface area contributed by atoms with Gasteiger partial charge in [-0.25, -0.2) is 4.79 Å². The summed E-state index contributed by atoms with van der Waals surface area (Å²) >= 11 is 5.77. The first-order valence-corrected chi connectivity index (χ1v) is 8.86. The summed E-state index contributed by atoms with van der Waals surface area (Å²) < 4.78 is 9.98. The molecule has 1 atom stereocenters. The number of rotatable bonds is 9. The van der Waals surface area contributed by atoms with Gasteiger partial charge in [-0.2, -0.15) is 0 Å². The third-order valence-electron chi connectivity index (χ3n) is 3.86. The molecule has 0 heterocycles. The molecule has 0 aliphatic heterocycles. The quantitative estimate of drug-likeness (QED) is 0.472. The van der Waals surface area contributed by atoms with E-state index in [0.29, 0.717) is 16.3 Å². The molecule has 0 spiro atoms. The second kappa shape index (κ2) is 10.2. The molecule has 0 bridgehead atoms. The molecular formula is C20H19ClN2O6. The number of esters is 1. The van der Waals surface area contributed by atoms with Gasteiger partial charge in [0.15, 0.2) is 12.4 Å². The second-order valence-corrected chi connectivity index (χ2v) is 6.40. The third kappa shape index (κ3) is 6.62. The minimum atomic E-state index is -1.33. The number of halogens is 1. The van der Waals surface area contributed by atoms with Gasteiger partial charge in [0.25, 0.3) is 5.91 Å². The van der Waals surface area contributed by atoms with Gasteiger partial charge in [-0.3, -0.25) is 14.4 Å². The van der Waals surface area contributed by atoms with Gasteiger partial charge in [0.2, 0.25) is 5.91 Å². The van der Waals surface area contributed by atoms with E-state index < -0.39 is 42.6 Å². The molecule has 2 aromatic rings. The largest absolute Gasteiger partial charge is 0.497 e. The van der Waals surface area contributed by atoms with E-state index in [0.717, 1.165) is 0 Å². The van der Waals surface area contributed by atoms with Gasteiger partial charge in [0.1, 0.15) is 11.8 Å². The number of nitrogens with two attached hydrogens (primary N) is 1. The van der Waals surface area contributed by atoms with Crippen molar-refractivity contribution in [2.45, 2.75) is 12.5 Å². The smallest absolute Gasteiger partial charge is 0.329 e. The first-order chi connectivity index (χ1) is 13.8. The Labute approximate surface area is 171 Å². The number of methoxy groups -OCH3 is 1. The van der Waals surface area contributed by atoms with Crippen LogP contribution < -0.4 is 15.8 Å². The van der Waals surface area contributed by atoms with Crippen LogP contribution in [-0.4, -0.2) is 43.3 Å². The highest BCUT2D eigenvalue weighted by molar-refractivity contribution is 6.30. The number of ketones is 1. The van der Waals surface area contributed by atoms with E-state index in [4.69, 9.17) is 26.8 Å². The fourth-order valence-corrected chi connectivity index (χ4v) is 2.46. The number of benzene rings is 2. The zero-order chi connectivity index (χ0) is 21.4. The topological polar surface area (TPSA) is 125 Å². The van der Waals surface area contributed by atoms with Gasteiger partial charge >= 0.3 is 5.97 Å². The van der Waals surface area contributed by atoms with Crippen molar-refractivity contribution >= 4 is 35.2 Å². The van der Waals surface area contributed by atoms with Gasteiger partial charge in [0, 0.05) is 16.1 Å². The van der Waals surface area contributed by atoms with Crippen molar-refractivity contribution in [2.75, 3.05) is 13.7 Å². The summed E-state index contributed by atoms with van der Waals surface area (Å²) in [5, 5.41) is 2.81. The molecule has 2 aromatic carbocycles. The third-order valence-corrected chi connectivity index (χ3v) is 4.11. The summed E-state index contributed by atoms with van der Waals surface area (Å²) in [6.07, 6.45) is -0.477. The number of carbonyl (C=O) groups excluding carboxylic acids is 4. The van der Waals surface area contributed by atoms with E-state index in [1.807, 2.05) is 0 Å². The van der Waals surface area contributed by atoms with Crippen LogP contribution in [0.25, 0.3) is 0 Å². The number of hydrogen-bond acceptors (Lipinski definition) is 6. The Bertz CT molecular complexity index is 896. The summed E-state index contributed by atoms with van der Waals surface area (Å²) in [6, 6.07) is 10.8. The molecule has 0 saturated carbocycles. The number of primary amides is 1. The highest BCUT2D eigenvalue weighted by Gasteiger charge is 2.25. The lowest BCUT2D eigenvalue weighted by molar-refractivity contribution is -0.146. The Morgan fingerprint density at radius 3 is 2.14 bits per heavy atom. The summed E-state index contributed by atoms with van der Waals surface area (Å²) in [4.78, 5) is 48.0. The Balaban J connectivity index is 2.00. The van der Waals surface area contributed by atoms with E-state index in [-0.39, 0.29) is 5.56 Å². The van der Waals surface area contributed by atoms with Crippen LogP contribution in [0.3, 0.4) is 0 Å². The molecule has 3 N–H and O–H groups in total. The Morgan fingerprint density at radius 1 is 1.00 bits per heavy atom. The van der Waals surface area contributed by atoms with Crippen LogP contribution in [-0.2, 0) is 14.3 Å². The summed E-state index contributed by atoms with van der Waals surface area (Å²) in [5.41, 5.74) is 5.69. The van der Waals surface area contributed by atoms with Crippen LogP contribution in [0.1, 0.15) is 27.1 Å². The maximum Gasteiger partial charge on any atom is 0.329 e. The van der Waals surface area contributed by atoms with Crippen LogP contribution >= 0.6 is 11.6 Å². The van der Waals surface area contributed by atoms with E-state index in [1.54, 1.807) is 12.1 Å². The minimum Gasteiger partial charge on any atom is -0.497 e. The molecule has 8 nitrogen and oxygen atoms in total. The molecule has 0 fully saturated rings. The monoisotopic (exact) mass is 418 g/mol. The van der Waals surface area contributed by atoms with Gasteiger partial charge < -0.3 is 20.5 Å². The van der Waals surface area contributed by atoms with E-state index in [9.17, 15) is 19.2 Å². The lowest BCUT2D eigenvalue weighted by Gasteiger charge is -2.16. The van der Waals surface area contributed by atoms with Gasteiger partial charge in [0.05, 0.1) is 13.5 Å². The van der Waals surface area contributed by atoms with Crippen LogP contribution in [0.5, 0.6) is 5.75 Å². The number of ether oxygens (including phenoxy) is 2. The molecule has 152 valence electrons. The maximum atomic E-state index is 12.3. The molecule has 0 saturated heterocycles. The molecule has 2 rings (SSSR count). The highest BCUT2D eigenvalue weighted by atomic mass is 35.5. The van der Waals surface area contributed by atoms with E-state index in [2.05, 4.69) is 5.32 Å². The summed E-state index contributed by atoms with van der Waals surface area (Å²) in [7, 11) is 1.50. The molecule has 0 aliphatic rings. The minimum absolute atomic E-state index is 0.228. The van der Waals surface area contributed by atoms with Crippen LogP contribution in [0.2, 0.25) is 5.02 Å². The predicted octanol–water partition coefficient (Wildman–Crippen LogP) is 1.75. The summed E-state index contributed by atoms with van der Waals surface area (Å²) in [6.45, 7) is -0.558. The molecule has 29 heavy (non-hydrogen) atoms. The normalized spacial score (nSPS) is 11.2. The number of amides is 2. The first-order valence-electron chi connectivity index (χ1n) is 8.48. The van der Waals surface area contributed by atoms with Crippen LogP contribution in [0.4, 0.5) is 0 Å². The number of carbonyl (C=O) groups is 4. The zero-order valence-electron chi connectivity index (χ0n) is 15.5. The predicted molar refractivity (Wildman–Crippen MR) is 105 cm³/mol. The van der Waals surface area contributed by atoms with Crippen molar-refractivity contribution in [3.63, 3.8) is 0 Å². The first kappa shape index (κ1) is 21.9. The SMILES string of the molecule is COc1ccc(C(=O)COC(=O)[C@@H](CC(N)=O)NC(=O)c2ccc(Cl)cc2)cc1. The summed E-state index contributed by atoms with van der Waals surface area (Å²) in [5.74, 6) is -2.27. The van der Waals surface area contributed by atoms with Crippen molar-refractivity contribution in [1.82, 2.24) is 5.32 Å². The van der Waals surface area contributed by atoms with E-state index in [1.165, 1.54) is 43.5 Å². The fourth-order valence-electron chi connectivity index (χ4n) is 2.33. The van der Waals surface area contributed by atoms with E-state index >= 15 is 0 Å². The lowest BCUT2D eigenvalue weighted by atomic mass is 10.1. The number of hydrogen-bond donors (Lipinski definition) is 2. The fraction of sp³-hybridized carbons (Fsp3) is 0.200. The Morgan fingerprint density at radius 2 is 1.59 bits per heavy atom. The standard InChI is InChI=1S/C20H19ClN2O6/c1-28-15-8-4-12(5-9-15)17(24)11-29-20(27)16(10-18(22)25)23-19(26)13-2-6-14(21)7-3-13/h2-9,16H,10-11H2,1H3,(H2,22,25)(H,23,26)/t16-/m1/s1. The molecule has 0 aromatic heterocycles. The Kier molecular flexibility index (Phi) is 7.73. The van der Waals surface area contributed by atoms with Crippen LogP contribution in [0.15, 0.2) is 48.5 Å². The second-order valence-electron chi connectivity index (χ2n) is 5.96. The van der Waals surface area contributed by atoms with Crippen molar-refractivity contribution in [3.8, 4) is 5.75 Å². The molecule has 0 aliphatic carbocycles. The van der Waals surface area contributed by atoms with Gasteiger partial charge in [-0.1, -0.05) is 11.6 Å². The molecule has 0 unspecified atom stereocenters. The van der Waals surface area contributed by atoms with Crippen molar-refractivity contribution in [2.24, 2.45) is 5.73 Å². The number of Topliss-reactive ketones (excluding diaryl/α,β-unsaturated/α-hetero) is 1. The molecular weight excluding hydrogens is 400 g/mol.